The van der Waals surface area contributed by atoms with Crippen LogP contribution < -0.4 is 10.2 Å². The number of hydrogen-bond donors (Lipinski definition) is 2. The van der Waals surface area contributed by atoms with E-state index in [9.17, 15) is 4.79 Å². The van der Waals surface area contributed by atoms with Gasteiger partial charge in [-0.3, -0.25) is 5.32 Å². The lowest BCUT2D eigenvalue weighted by atomic mass is 9.93. The maximum Gasteiger partial charge on any atom is 0.432 e. The lowest BCUT2D eigenvalue weighted by molar-refractivity contribution is -0.117. The Balaban J connectivity index is 1.44. The van der Waals surface area contributed by atoms with Crippen LogP contribution >= 0.6 is 11.3 Å². The number of aryl methyl sites for hydroxylation is 1. The third-order valence-corrected chi connectivity index (χ3v) is 5.96. The Hall–Kier alpha value is -2.72. The highest BCUT2D eigenvalue weighted by molar-refractivity contribution is 7.13. The minimum atomic E-state index is -0.514. The molecule has 1 saturated heterocycles. The third-order valence-electron chi connectivity index (χ3n) is 5.09. The zero-order valence-electron chi connectivity index (χ0n) is 16.0. The van der Waals surface area contributed by atoms with Crippen LogP contribution in [0.15, 0.2) is 24.0 Å². The quantitative estimate of drug-likeness (QED) is 0.693. The monoisotopic (exact) mass is 401 g/mol. The number of fused-ring (bicyclic) bond motifs is 1. The molecule has 0 aliphatic carbocycles. The van der Waals surface area contributed by atoms with Gasteiger partial charge in [-0.1, -0.05) is 6.92 Å². The van der Waals surface area contributed by atoms with Gasteiger partial charge in [0.2, 0.25) is 0 Å². The van der Waals surface area contributed by atoms with E-state index in [2.05, 4.69) is 37.1 Å². The molecule has 9 nitrogen and oxygen atoms in total. The molecule has 2 atom stereocenters. The summed E-state index contributed by atoms with van der Waals surface area (Å²) in [6.45, 7) is 5.39. The first-order valence-electron chi connectivity index (χ1n) is 9.18. The van der Waals surface area contributed by atoms with Crippen molar-refractivity contribution in [2.45, 2.75) is 26.3 Å². The van der Waals surface area contributed by atoms with Crippen molar-refractivity contribution in [1.29, 1.82) is 0 Å². The van der Waals surface area contributed by atoms with E-state index in [0.29, 0.717) is 24.1 Å². The number of amides is 1. The second-order valence-corrected chi connectivity index (χ2v) is 7.93. The number of anilines is 2. The Morgan fingerprint density at radius 1 is 1.46 bits per heavy atom. The highest BCUT2D eigenvalue weighted by Gasteiger charge is 2.32. The first-order chi connectivity index (χ1) is 13.5. The molecule has 0 spiro atoms. The number of thiazole rings is 1. The standard InChI is InChI=1S/C18H23N7O2S/c1-11-5-7-25(27-18(26)23-17-22-12(2)9-28-17)8-14(11)24(3)16-13-4-6-19-15(13)20-10-21-16/h4,6,9-11,14H,5,7-8H2,1-3H3,(H,19,20,21)(H,22,23,26). The molecule has 2 N–H and O–H groups in total. The van der Waals surface area contributed by atoms with Crippen molar-refractivity contribution < 1.29 is 9.63 Å². The number of rotatable bonds is 4. The molecule has 4 rings (SSSR count). The van der Waals surface area contributed by atoms with Crippen LogP contribution in [0.3, 0.4) is 0 Å². The van der Waals surface area contributed by atoms with Crippen LogP contribution in [0.5, 0.6) is 0 Å². The molecule has 3 aromatic heterocycles. The van der Waals surface area contributed by atoms with Gasteiger partial charge in [0, 0.05) is 31.2 Å². The van der Waals surface area contributed by atoms with Crippen LogP contribution in [-0.2, 0) is 4.84 Å². The average Bonchev–Trinajstić information content (AvgIpc) is 3.31. The van der Waals surface area contributed by atoms with Crippen LogP contribution in [0.25, 0.3) is 11.0 Å². The predicted octanol–water partition coefficient (Wildman–Crippen LogP) is 3.03. The van der Waals surface area contributed by atoms with Crippen LogP contribution in [0, 0.1) is 12.8 Å². The number of nitrogens with zero attached hydrogens (tertiary/aromatic N) is 5. The number of aromatic nitrogens is 4. The molecule has 1 fully saturated rings. The van der Waals surface area contributed by atoms with Gasteiger partial charge in [0.25, 0.3) is 0 Å². The molecule has 0 bridgehead atoms. The van der Waals surface area contributed by atoms with Crippen LogP contribution in [-0.4, -0.2) is 57.3 Å². The minimum absolute atomic E-state index is 0.150. The van der Waals surface area contributed by atoms with Gasteiger partial charge < -0.3 is 14.7 Å². The maximum absolute atomic E-state index is 12.2. The van der Waals surface area contributed by atoms with Gasteiger partial charge in [-0.15, -0.1) is 16.4 Å². The number of carbonyl (C=O) groups excluding carboxylic acids is 1. The summed E-state index contributed by atoms with van der Waals surface area (Å²) in [7, 11) is 2.03. The zero-order valence-corrected chi connectivity index (χ0v) is 16.9. The SMILES string of the molecule is Cc1csc(NC(=O)ON2CCC(C)C(N(C)c3ncnc4[nH]ccc34)C2)n1. The Morgan fingerprint density at radius 2 is 2.32 bits per heavy atom. The Bertz CT molecular complexity index is 972. The smallest absolute Gasteiger partial charge is 0.354 e. The number of likely N-dealkylation sites (N-methyl/N-ethyl adjacent to an activating group) is 1. The van der Waals surface area contributed by atoms with Crippen molar-refractivity contribution in [3.8, 4) is 0 Å². The number of aromatic amines is 1. The molecule has 2 unspecified atom stereocenters. The topological polar surface area (TPSA) is 99.3 Å². The van der Waals surface area contributed by atoms with Gasteiger partial charge >= 0.3 is 6.09 Å². The third kappa shape index (κ3) is 3.78. The van der Waals surface area contributed by atoms with Gasteiger partial charge in [-0.05, 0) is 25.3 Å². The molecule has 1 aliphatic rings. The molecule has 1 amide bonds. The maximum atomic E-state index is 12.2. The number of hydroxylamine groups is 2. The van der Waals surface area contributed by atoms with Crippen molar-refractivity contribution >= 4 is 39.4 Å². The fourth-order valence-electron chi connectivity index (χ4n) is 3.54. The van der Waals surface area contributed by atoms with E-state index in [1.165, 1.54) is 11.3 Å². The summed E-state index contributed by atoms with van der Waals surface area (Å²) in [6.07, 6.45) is 3.83. The normalized spacial score (nSPS) is 20.2. The lowest BCUT2D eigenvalue weighted by Crippen LogP contribution is -2.51. The minimum Gasteiger partial charge on any atom is -0.354 e. The average molecular weight is 401 g/mol. The highest BCUT2D eigenvalue weighted by Crippen LogP contribution is 2.28. The molecule has 0 radical (unpaired) electrons. The number of H-pyrrole nitrogens is 1. The number of piperidine rings is 1. The Kier molecular flexibility index (Phi) is 5.14. The van der Waals surface area contributed by atoms with E-state index < -0.39 is 6.09 Å². The highest BCUT2D eigenvalue weighted by atomic mass is 32.1. The summed E-state index contributed by atoms with van der Waals surface area (Å²) >= 11 is 1.38. The van der Waals surface area contributed by atoms with E-state index in [4.69, 9.17) is 4.84 Å². The van der Waals surface area contributed by atoms with Crippen molar-refractivity contribution in [2.75, 3.05) is 30.4 Å². The van der Waals surface area contributed by atoms with Gasteiger partial charge in [0.15, 0.2) is 5.13 Å². The van der Waals surface area contributed by atoms with Gasteiger partial charge in [0.1, 0.15) is 17.8 Å². The van der Waals surface area contributed by atoms with Crippen molar-refractivity contribution in [2.24, 2.45) is 5.92 Å². The zero-order chi connectivity index (χ0) is 19.7. The van der Waals surface area contributed by atoms with Crippen LogP contribution in [0.2, 0.25) is 0 Å². The van der Waals surface area contributed by atoms with Crippen LogP contribution in [0.1, 0.15) is 19.0 Å². The summed E-state index contributed by atoms with van der Waals surface area (Å²) in [5.41, 5.74) is 1.68. The van der Waals surface area contributed by atoms with Crippen molar-refractivity contribution in [1.82, 2.24) is 25.0 Å². The van der Waals surface area contributed by atoms with Gasteiger partial charge in [-0.25, -0.2) is 19.7 Å². The summed E-state index contributed by atoms with van der Waals surface area (Å²) in [5.74, 6) is 1.30. The molecular formula is C18H23N7O2S. The fraction of sp³-hybridized carbons (Fsp3) is 0.444. The number of nitrogens with one attached hydrogen (secondary N) is 2. The molecule has 28 heavy (non-hydrogen) atoms. The molecule has 148 valence electrons. The predicted molar refractivity (Wildman–Crippen MR) is 108 cm³/mol. The first-order valence-corrected chi connectivity index (χ1v) is 10.1. The molecule has 3 aromatic rings. The molecule has 4 heterocycles. The van der Waals surface area contributed by atoms with Crippen LogP contribution in [0.4, 0.5) is 15.7 Å². The van der Waals surface area contributed by atoms with E-state index in [1.54, 1.807) is 11.4 Å². The van der Waals surface area contributed by atoms with E-state index in [-0.39, 0.29) is 6.04 Å². The van der Waals surface area contributed by atoms with Gasteiger partial charge in [0.05, 0.1) is 17.6 Å². The first kappa shape index (κ1) is 18.6. The molecule has 1 aliphatic heterocycles. The van der Waals surface area contributed by atoms with E-state index >= 15 is 0 Å². The summed E-state index contributed by atoms with van der Waals surface area (Å²) in [4.78, 5) is 36.0. The van der Waals surface area contributed by atoms with Gasteiger partial charge in [-0.2, -0.15) is 0 Å². The summed E-state index contributed by atoms with van der Waals surface area (Å²) in [5, 5.41) is 7.80. The van der Waals surface area contributed by atoms with E-state index in [1.807, 2.05) is 31.6 Å². The molecule has 0 saturated carbocycles. The number of carbonyl (C=O) groups is 1. The second-order valence-electron chi connectivity index (χ2n) is 7.07. The second kappa shape index (κ2) is 7.72. The summed E-state index contributed by atoms with van der Waals surface area (Å²) < 4.78 is 0. The molecule has 10 heteroatoms. The van der Waals surface area contributed by atoms with E-state index in [0.717, 1.165) is 29.0 Å². The number of hydrogen-bond acceptors (Lipinski definition) is 8. The van der Waals surface area contributed by atoms with Crippen molar-refractivity contribution in [3.05, 3.63) is 29.7 Å². The molecule has 0 aromatic carbocycles. The lowest BCUT2D eigenvalue weighted by Gasteiger charge is -2.40. The Morgan fingerprint density at radius 3 is 3.11 bits per heavy atom. The molecular weight excluding hydrogens is 378 g/mol. The largest absolute Gasteiger partial charge is 0.432 e. The Labute approximate surface area is 166 Å². The fourth-order valence-corrected chi connectivity index (χ4v) is 4.22. The van der Waals surface area contributed by atoms with Crippen molar-refractivity contribution in [3.63, 3.8) is 0 Å². The summed E-state index contributed by atoms with van der Waals surface area (Å²) in [6, 6.07) is 2.13.